The lowest BCUT2D eigenvalue weighted by Crippen LogP contribution is -2.30. The summed E-state index contributed by atoms with van der Waals surface area (Å²) < 4.78 is 26.5. The number of carbonyl (C=O) groups excluding carboxylic acids is 1. The van der Waals surface area contributed by atoms with Crippen molar-refractivity contribution in [2.24, 2.45) is 5.92 Å². The summed E-state index contributed by atoms with van der Waals surface area (Å²) in [5.41, 5.74) is 0.902. The molecule has 2 unspecified atom stereocenters. The fourth-order valence-electron chi connectivity index (χ4n) is 3.33. The molecule has 0 aliphatic carbocycles. The number of nitrogens with one attached hydrogen (secondary N) is 2. The Hall–Kier alpha value is -1.15. The van der Waals surface area contributed by atoms with Crippen molar-refractivity contribution >= 4 is 28.3 Å². The number of benzene rings is 1. The Labute approximate surface area is 169 Å². The lowest BCUT2D eigenvalue weighted by molar-refractivity contribution is -0.122. The minimum absolute atomic E-state index is 0. The summed E-state index contributed by atoms with van der Waals surface area (Å²) >= 11 is 0. The molecule has 0 spiro atoms. The van der Waals surface area contributed by atoms with E-state index in [0.29, 0.717) is 25.4 Å². The van der Waals surface area contributed by atoms with E-state index in [1.807, 2.05) is 20.8 Å². The summed E-state index contributed by atoms with van der Waals surface area (Å²) in [5.74, 6) is 0.643. The third-order valence-electron chi connectivity index (χ3n) is 5.04. The van der Waals surface area contributed by atoms with Crippen molar-refractivity contribution in [3.8, 4) is 0 Å². The molecule has 8 heteroatoms. The van der Waals surface area contributed by atoms with Crippen LogP contribution in [0.2, 0.25) is 0 Å². The number of halogens is 1. The second-order valence-electron chi connectivity index (χ2n) is 6.85. The van der Waals surface area contributed by atoms with E-state index in [1.165, 1.54) is 4.31 Å². The van der Waals surface area contributed by atoms with Crippen molar-refractivity contribution in [1.29, 1.82) is 0 Å². The maximum absolute atomic E-state index is 12.5. The third kappa shape index (κ3) is 6.45. The number of amides is 1. The van der Waals surface area contributed by atoms with Gasteiger partial charge in [0.2, 0.25) is 15.9 Å². The molecule has 0 bridgehead atoms. The van der Waals surface area contributed by atoms with Gasteiger partial charge in [-0.2, -0.15) is 4.31 Å². The Kier molecular flexibility index (Phi) is 9.73. The van der Waals surface area contributed by atoms with Gasteiger partial charge in [0.1, 0.15) is 0 Å². The summed E-state index contributed by atoms with van der Waals surface area (Å²) in [4.78, 5) is 12.4. The SMILES string of the molecule is CCN(CC)S(=O)(=O)c1ccc(C(C)NC(=O)CCC2CCNC2)cc1.Cl. The first-order chi connectivity index (χ1) is 12.4. The van der Waals surface area contributed by atoms with E-state index < -0.39 is 10.0 Å². The van der Waals surface area contributed by atoms with E-state index in [4.69, 9.17) is 0 Å². The van der Waals surface area contributed by atoms with Gasteiger partial charge in [-0.3, -0.25) is 4.79 Å². The van der Waals surface area contributed by atoms with Crippen molar-refractivity contribution in [3.63, 3.8) is 0 Å². The number of rotatable bonds is 9. The third-order valence-corrected chi connectivity index (χ3v) is 7.11. The highest BCUT2D eigenvalue weighted by atomic mass is 35.5. The Morgan fingerprint density at radius 1 is 1.26 bits per heavy atom. The Bertz CT molecular complexity index is 685. The van der Waals surface area contributed by atoms with Gasteiger partial charge < -0.3 is 10.6 Å². The van der Waals surface area contributed by atoms with E-state index in [1.54, 1.807) is 24.3 Å². The second kappa shape index (κ2) is 11.0. The van der Waals surface area contributed by atoms with Gasteiger partial charge in [-0.05, 0) is 56.5 Å². The average Bonchev–Trinajstić information content (AvgIpc) is 3.14. The van der Waals surface area contributed by atoms with E-state index in [9.17, 15) is 13.2 Å². The van der Waals surface area contributed by atoms with Crippen LogP contribution in [0.3, 0.4) is 0 Å². The Morgan fingerprint density at radius 2 is 1.89 bits per heavy atom. The van der Waals surface area contributed by atoms with Crippen LogP contribution in [0, 0.1) is 5.92 Å². The number of hydrogen-bond donors (Lipinski definition) is 2. The molecule has 1 heterocycles. The number of sulfonamides is 1. The second-order valence-corrected chi connectivity index (χ2v) is 8.78. The van der Waals surface area contributed by atoms with E-state index in [0.717, 1.165) is 31.5 Å². The molecule has 0 radical (unpaired) electrons. The molecule has 27 heavy (non-hydrogen) atoms. The summed E-state index contributed by atoms with van der Waals surface area (Å²) in [6.45, 7) is 8.52. The van der Waals surface area contributed by atoms with Gasteiger partial charge in [0, 0.05) is 19.5 Å². The molecule has 2 rings (SSSR count). The fraction of sp³-hybridized carbons (Fsp3) is 0.632. The molecule has 1 amide bonds. The lowest BCUT2D eigenvalue weighted by Gasteiger charge is -2.19. The molecule has 1 fully saturated rings. The van der Waals surface area contributed by atoms with Crippen LogP contribution in [-0.4, -0.2) is 44.8 Å². The van der Waals surface area contributed by atoms with Crippen molar-refractivity contribution in [1.82, 2.24) is 14.9 Å². The van der Waals surface area contributed by atoms with Crippen LogP contribution < -0.4 is 10.6 Å². The number of nitrogens with zero attached hydrogens (tertiary/aromatic N) is 1. The smallest absolute Gasteiger partial charge is 0.243 e. The average molecular weight is 418 g/mol. The van der Waals surface area contributed by atoms with Crippen LogP contribution >= 0.6 is 12.4 Å². The summed E-state index contributed by atoms with van der Waals surface area (Å²) in [7, 11) is -3.44. The molecule has 6 nitrogen and oxygen atoms in total. The molecule has 1 aliphatic rings. The first-order valence-corrected chi connectivity index (χ1v) is 10.9. The molecule has 1 saturated heterocycles. The number of carbonyl (C=O) groups is 1. The predicted molar refractivity (Wildman–Crippen MR) is 111 cm³/mol. The quantitative estimate of drug-likeness (QED) is 0.647. The van der Waals surface area contributed by atoms with E-state index in [2.05, 4.69) is 10.6 Å². The van der Waals surface area contributed by atoms with Gasteiger partial charge in [0.25, 0.3) is 0 Å². The van der Waals surface area contributed by atoms with Crippen LogP contribution in [0.15, 0.2) is 29.2 Å². The van der Waals surface area contributed by atoms with Crippen LogP contribution in [-0.2, 0) is 14.8 Å². The van der Waals surface area contributed by atoms with Crippen LogP contribution in [0.1, 0.15) is 51.6 Å². The van der Waals surface area contributed by atoms with Crippen LogP contribution in [0.25, 0.3) is 0 Å². The maximum atomic E-state index is 12.5. The highest BCUT2D eigenvalue weighted by Gasteiger charge is 2.22. The standard InChI is InChI=1S/C19H31N3O3S.ClH/c1-4-22(5-2)26(24,25)18-9-7-17(8-10-18)15(3)21-19(23)11-6-16-12-13-20-14-16;/h7-10,15-16,20H,4-6,11-14H2,1-3H3,(H,21,23);1H. The molecule has 0 saturated carbocycles. The van der Waals surface area contributed by atoms with Crippen LogP contribution in [0.5, 0.6) is 0 Å². The summed E-state index contributed by atoms with van der Waals surface area (Å²) in [5, 5.41) is 6.32. The molecule has 2 atom stereocenters. The Morgan fingerprint density at radius 3 is 2.41 bits per heavy atom. The molecule has 154 valence electrons. The van der Waals surface area contributed by atoms with Crippen molar-refractivity contribution in [2.75, 3.05) is 26.2 Å². The first kappa shape index (κ1) is 23.9. The van der Waals surface area contributed by atoms with E-state index >= 15 is 0 Å². The molecular formula is C19H32ClN3O3S. The molecule has 1 aromatic rings. The maximum Gasteiger partial charge on any atom is 0.243 e. The zero-order valence-corrected chi connectivity index (χ0v) is 18.0. The van der Waals surface area contributed by atoms with E-state index in [-0.39, 0.29) is 29.3 Å². The normalized spacial score (nSPS) is 18.1. The van der Waals surface area contributed by atoms with Gasteiger partial charge in [-0.25, -0.2) is 8.42 Å². The molecule has 1 aliphatic heterocycles. The Balaban J connectivity index is 0.00000364. The van der Waals surface area contributed by atoms with Gasteiger partial charge in [-0.15, -0.1) is 12.4 Å². The molecular weight excluding hydrogens is 386 g/mol. The topological polar surface area (TPSA) is 78.5 Å². The van der Waals surface area contributed by atoms with Crippen molar-refractivity contribution < 1.29 is 13.2 Å². The monoisotopic (exact) mass is 417 g/mol. The fourth-order valence-corrected chi connectivity index (χ4v) is 4.79. The first-order valence-electron chi connectivity index (χ1n) is 9.48. The van der Waals surface area contributed by atoms with Gasteiger partial charge in [-0.1, -0.05) is 26.0 Å². The van der Waals surface area contributed by atoms with Gasteiger partial charge in [0.05, 0.1) is 10.9 Å². The molecule has 0 aromatic heterocycles. The van der Waals surface area contributed by atoms with Crippen molar-refractivity contribution in [3.05, 3.63) is 29.8 Å². The van der Waals surface area contributed by atoms with Crippen molar-refractivity contribution in [2.45, 2.75) is 51.0 Å². The highest BCUT2D eigenvalue weighted by molar-refractivity contribution is 7.89. The minimum atomic E-state index is -3.44. The summed E-state index contributed by atoms with van der Waals surface area (Å²) in [6.07, 6.45) is 2.59. The largest absolute Gasteiger partial charge is 0.350 e. The molecule has 1 aromatic carbocycles. The van der Waals surface area contributed by atoms with Gasteiger partial charge in [0.15, 0.2) is 0 Å². The van der Waals surface area contributed by atoms with Gasteiger partial charge >= 0.3 is 0 Å². The predicted octanol–water partition coefficient (Wildman–Crippen LogP) is 2.71. The lowest BCUT2D eigenvalue weighted by atomic mass is 10.0. The highest BCUT2D eigenvalue weighted by Crippen LogP contribution is 2.20. The summed E-state index contributed by atoms with van der Waals surface area (Å²) in [6, 6.07) is 6.66. The number of hydrogen-bond acceptors (Lipinski definition) is 4. The zero-order chi connectivity index (χ0) is 19.2. The minimum Gasteiger partial charge on any atom is -0.350 e. The van der Waals surface area contributed by atoms with Crippen LogP contribution in [0.4, 0.5) is 0 Å². The zero-order valence-electron chi connectivity index (χ0n) is 16.4. The molecule has 2 N–H and O–H groups in total.